The third-order valence-electron chi connectivity index (χ3n) is 2.70. The first-order valence-electron chi connectivity index (χ1n) is 5.20. The largest absolute Gasteiger partial charge is 0.0814 e. The smallest absolute Gasteiger partial charge is 0.0212 e. The van der Waals surface area contributed by atoms with Gasteiger partial charge in [0, 0.05) is 0 Å². The summed E-state index contributed by atoms with van der Waals surface area (Å²) in [6.45, 7) is 4.39. The van der Waals surface area contributed by atoms with Gasteiger partial charge in [-0.15, -0.1) is 0 Å². The minimum atomic E-state index is 0.677. The summed E-state index contributed by atoms with van der Waals surface area (Å²) in [6, 6.07) is 8.79. The third kappa shape index (κ3) is 1.95. The Balaban J connectivity index is 2.27. The van der Waals surface area contributed by atoms with Crippen molar-refractivity contribution in [2.75, 3.05) is 0 Å². The lowest BCUT2D eigenvalue weighted by Crippen LogP contribution is -1.96. The van der Waals surface area contributed by atoms with Crippen LogP contribution in [0.5, 0.6) is 0 Å². The van der Waals surface area contributed by atoms with Gasteiger partial charge >= 0.3 is 0 Å². The summed E-state index contributed by atoms with van der Waals surface area (Å²) in [5.41, 5.74) is 4.15. The quantitative estimate of drug-likeness (QED) is 0.619. The van der Waals surface area contributed by atoms with Crippen molar-refractivity contribution in [1.82, 2.24) is 0 Å². The predicted octanol–water partition coefficient (Wildman–Crippen LogP) is 3.97. The number of benzene rings is 1. The molecule has 0 bridgehead atoms. The summed E-state index contributed by atoms with van der Waals surface area (Å²) >= 11 is 0. The van der Waals surface area contributed by atoms with E-state index in [1.807, 2.05) is 0 Å². The second kappa shape index (κ2) is 3.83. The van der Waals surface area contributed by atoms with Gasteiger partial charge in [0.1, 0.15) is 0 Å². The average Bonchev–Trinajstić information content (AvgIpc) is 2.19. The highest BCUT2D eigenvalue weighted by Gasteiger charge is 2.07. The van der Waals surface area contributed by atoms with E-state index in [1.54, 1.807) is 0 Å². The van der Waals surface area contributed by atoms with Crippen molar-refractivity contribution >= 4 is 5.57 Å². The molecule has 1 unspecified atom stereocenters. The van der Waals surface area contributed by atoms with E-state index >= 15 is 0 Å². The minimum Gasteiger partial charge on any atom is -0.0814 e. The van der Waals surface area contributed by atoms with Crippen molar-refractivity contribution in [3.63, 3.8) is 0 Å². The van der Waals surface area contributed by atoms with Crippen molar-refractivity contribution in [1.29, 1.82) is 0 Å². The summed E-state index contributed by atoms with van der Waals surface area (Å²) < 4.78 is 0. The summed E-state index contributed by atoms with van der Waals surface area (Å²) in [5.74, 6) is 0.677. The molecule has 0 spiro atoms. The summed E-state index contributed by atoms with van der Waals surface area (Å²) in [7, 11) is 0. The standard InChI is InChI=1S/C14H16/c1-11-6-8-13(9-7-11)14-5-3-4-12(2)10-14/h3-9,12H,10H2,1-2H3. The fraction of sp³-hybridized carbons (Fsp3) is 0.286. The van der Waals surface area contributed by atoms with Gasteiger partial charge in [0.05, 0.1) is 0 Å². The zero-order valence-corrected chi connectivity index (χ0v) is 8.83. The number of rotatable bonds is 1. The molecule has 1 aromatic rings. The molecule has 0 aliphatic heterocycles. The van der Waals surface area contributed by atoms with Crippen LogP contribution in [0.1, 0.15) is 24.5 Å². The number of hydrogen-bond acceptors (Lipinski definition) is 0. The Morgan fingerprint density at radius 2 is 1.86 bits per heavy atom. The Bertz CT molecular complexity index is 366. The fourth-order valence-corrected chi connectivity index (χ4v) is 1.83. The molecule has 0 heteroatoms. The number of hydrogen-bond donors (Lipinski definition) is 0. The molecular weight excluding hydrogens is 168 g/mol. The first-order valence-corrected chi connectivity index (χ1v) is 5.20. The summed E-state index contributed by atoms with van der Waals surface area (Å²) in [5, 5.41) is 0. The Kier molecular flexibility index (Phi) is 2.53. The van der Waals surface area contributed by atoms with Gasteiger partial charge in [-0.25, -0.2) is 0 Å². The Hall–Kier alpha value is -1.30. The molecule has 0 radical (unpaired) electrons. The van der Waals surface area contributed by atoms with Crippen LogP contribution in [0.2, 0.25) is 0 Å². The molecule has 0 saturated heterocycles. The zero-order valence-electron chi connectivity index (χ0n) is 8.83. The Morgan fingerprint density at radius 1 is 1.14 bits per heavy atom. The maximum Gasteiger partial charge on any atom is -0.0212 e. The van der Waals surface area contributed by atoms with Gasteiger partial charge in [0.2, 0.25) is 0 Å². The minimum absolute atomic E-state index is 0.677. The van der Waals surface area contributed by atoms with Crippen LogP contribution in [0, 0.1) is 12.8 Å². The molecule has 0 fully saturated rings. The highest BCUT2D eigenvalue weighted by Crippen LogP contribution is 2.26. The van der Waals surface area contributed by atoms with Crippen molar-refractivity contribution < 1.29 is 0 Å². The average molecular weight is 184 g/mol. The van der Waals surface area contributed by atoms with Gasteiger partial charge in [-0.2, -0.15) is 0 Å². The number of aryl methyl sites for hydroxylation is 1. The molecule has 14 heavy (non-hydrogen) atoms. The van der Waals surface area contributed by atoms with Crippen LogP contribution in [-0.2, 0) is 0 Å². The van der Waals surface area contributed by atoms with Crippen LogP contribution in [-0.4, -0.2) is 0 Å². The normalized spacial score (nSPS) is 20.7. The van der Waals surface area contributed by atoms with Crippen LogP contribution < -0.4 is 0 Å². The summed E-state index contributed by atoms with van der Waals surface area (Å²) in [4.78, 5) is 0. The van der Waals surface area contributed by atoms with Crippen molar-refractivity contribution in [3.05, 3.63) is 53.6 Å². The molecule has 0 aromatic heterocycles. The molecule has 0 amide bonds. The highest BCUT2D eigenvalue weighted by atomic mass is 14.1. The van der Waals surface area contributed by atoms with E-state index in [4.69, 9.17) is 0 Å². The molecule has 1 aromatic carbocycles. The first-order chi connectivity index (χ1) is 6.75. The van der Waals surface area contributed by atoms with E-state index < -0.39 is 0 Å². The molecule has 1 aliphatic carbocycles. The lowest BCUT2D eigenvalue weighted by Gasteiger charge is -2.14. The number of allylic oxidation sites excluding steroid dienone is 4. The topological polar surface area (TPSA) is 0 Å². The second-order valence-electron chi connectivity index (χ2n) is 4.12. The Labute approximate surface area is 86.0 Å². The van der Waals surface area contributed by atoms with Crippen LogP contribution in [0.4, 0.5) is 0 Å². The van der Waals surface area contributed by atoms with Gasteiger partial charge in [0.25, 0.3) is 0 Å². The fourth-order valence-electron chi connectivity index (χ4n) is 1.83. The maximum atomic E-state index is 2.26. The maximum absolute atomic E-state index is 2.26. The Morgan fingerprint density at radius 3 is 2.50 bits per heavy atom. The van der Waals surface area contributed by atoms with Crippen molar-refractivity contribution in [2.24, 2.45) is 5.92 Å². The lowest BCUT2D eigenvalue weighted by molar-refractivity contribution is 0.749. The van der Waals surface area contributed by atoms with E-state index in [1.165, 1.54) is 23.1 Å². The molecule has 0 nitrogen and oxygen atoms in total. The molecule has 72 valence electrons. The van der Waals surface area contributed by atoms with E-state index in [9.17, 15) is 0 Å². The van der Waals surface area contributed by atoms with Crippen LogP contribution >= 0.6 is 0 Å². The molecule has 1 atom stereocenters. The van der Waals surface area contributed by atoms with Gasteiger partial charge in [-0.1, -0.05) is 55.0 Å². The molecular formula is C14H16. The highest BCUT2D eigenvalue weighted by molar-refractivity contribution is 5.68. The van der Waals surface area contributed by atoms with E-state index in [0.717, 1.165) is 0 Å². The van der Waals surface area contributed by atoms with E-state index in [2.05, 4.69) is 56.3 Å². The van der Waals surface area contributed by atoms with Gasteiger partial charge in [0.15, 0.2) is 0 Å². The van der Waals surface area contributed by atoms with Crippen molar-refractivity contribution in [3.8, 4) is 0 Å². The third-order valence-corrected chi connectivity index (χ3v) is 2.70. The second-order valence-corrected chi connectivity index (χ2v) is 4.12. The molecule has 0 saturated carbocycles. The molecule has 0 heterocycles. The van der Waals surface area contributed by atoms with E-state index in [-0.39, 0.29) is 0 Å². The monoisotopic (exact) mass is 184 g/mol. The van der Waals surface area contributed by atoms with E-state index in [0.29, 0.717) is 5.92 Å². The molecule has 0 N–H and O–H groups in total. The van der Waals surface area contributed by atoms with Gasteiger partial charge < -0.3 is 0 Å². The van der Waals surface area contributed by atoms with Gasteiger partial charge in [-0.3, -0.25) is 0 Å². The van der Waals surface area contributed by atoms with Crippen LogP contribution in [0.3, 0.4) is 0 Å². The summed E-state index contributed by atoms with van der Waals surface area (Å²) in [6.07, 6.45) is 7.82. The predicted molar refractivity (Wildman–Crippen MR) is 62.1 cm³/mol. The van der Waals surface area contributed by atoms with Crippen LogP contribution in [0.15, 0.2) is 42.5 Å². The van der Waals surface area contributed by atoms with Crippen molar-refractivity contribution in [2.45, 2.75) is 20.3 Å². The first kappa shape index (κ1) is 9.26. The molecule has 2 rings (SSSR count). The molecule has 1 aliphatic rings. The SMILES string of the molecule is Cc1ccc(C2=CC=CC(C)C2)cc1. The van der Waals surface area contributed by atoms with Gasteiger partial charge in [-0.05, 0) is 30.4 Å². The van der Waals surface area contributed by atoms with Crippen LogP contribution in [0.25, 0.3) is 5.57 Å². The lowest BCUT2D eigenvalue weighted by atomic mass is 9.91. The zero-order chi connectivity index (χ0) is 9.97.